The molecule has 0 saturated carbocycles. The predicted octanol–water partition coefficient (Wildman–Crippen LogP) is 2.46. The van der Waals surface area contributed by atoms with E-state index in [9.17, 15) is 28.8 Å². The SMILES string of the molecule is CC[C@H](C)[C@H](NC(=O)[C@H](CCC(=O)OCc1ccccc1)NC(=O)[C@@H](CC(C)C)NC(=O)OC(C)(C)C)C(=O)N[C@@H](C)C(N)=O. The van der Waals surface area contributed by atoms with Gasteiger partial charge in [0.25, 0.3) is 0 Å². The zero-order valence-corrected chi connectivity index (χ0v) is 27.7. The molecule has 0 aliphatic heterocycles. The second-order valence-electron chi connectivity index (χ2n) is 12.6. The topological polar surface area (TPSA) is 195 Å². The van der Waals surface area contributed by atoms with Gasteiger partial charge in [0.2, 0.25) is 23.6 Å². The van der Waals surface area contributed by atoms with E-state index in [-0.39, 0.29) is 37.7 Å². The normalized spacial score (nSPS) is 14.6. The first-order chi connectivity index (χ1) is 20.9. The van der Waals surface area contributed by atoms with Crippen LogP contribution in [-0.4, -0.2) is 65.5 Å². The van der Waals surface area contributed by atoms with Crippen LogP contribution >= 0.6 is 0 Å². The van der Waals surface area contributed by atoms with Crippen LogP contribution in [0.3, 0.4) is 0 Å². The number of nitrogens with one attached hydrogen (secondary N) is 4. The molecule has 13 nitrogen and oxygen atoms in total. The quantitative estimate of drug-likeness (QED) is 0.161. The standard InChI is InChI=1S/C32H51N5O8/c1-9-20(4)26(30(42)34-21(5)27(33)39)37-28(40)23(15-16-25(38)44-18-22-13-11-10-12-14-22)35-29(41)24(17-19(2)3)36-31(43)45-32(6,7)8/h10-14,19-21,23-24,26H,9,15-18H2,1-8H3,(H2,33,39)(H,34,42)(H,35,41)(H,36,43)(H,37,40)/t20-,21-,23-,24+,26-/m0/s1. The van der Waals surface area contributed by atoms with E-state index in [1.54, 1.807) is 39.8 Å². The molecule has 0 heterocycles. The molecule has 1 rings (SSSR count). The summed E-state index contributed by atoms with van der Waals surface area (Å²) in [4.78, 5) is 76.8. The Labute approximate surface area is 266 Å². The number of carbonyl (C=O) groups excluding carboxylic acids is 6. The molecule has 1 aromatic carbocycles. The van der Waals surface area contributed by atoms with Crippen LogP contribution in [0.25, 0.3) is 0 Å². The molecule has 0 aliphatic carbocycles. The summed E-state index contributed by atoms with van der Waals surface area (Å²) in [5.74, 6) is -3.73. The van der Waals surface area contributed by atoms with Gasteiger partial charge in [-0.1, -0.05) is 64.4 Å². The number of hydrogen-bond acceptors (Lipinski definition) is 8. The van der Waals surface area contributed by atoms with Gasteiger partial charge >= 0.3 is 12.1 Å². The zero-order valence-electron chi connectivity index (χ0n) is 27.7. The molecule has 0 aliphatic rings. The highest BCUT2D eigenvalue weighted by atomic mass is 16.6. The van der Waals surface area contributed by atoms with Crippen molar-refractivity contribution in [3.05, 3.63) is 35.9 Å². The lowest BCUT2D eigenvalue weighted by molar-refractivity contribution is -0.145. The van der Waals surface area contributed by atoms with E-state index < -0.39 is 65.5 Å². The van der Waals surface area contributed by atoms with Crippen LogP contribution in [0.5, 0.6) is 0 Å². The second kappa shape index (κ2) is 18.6. The summed E-state index contributed by atoms with van der Waals surface area (Å²) in [5.41, 5.74) is 5.27. The minimum atomic E-state index is -1.27. The summed E-state index contributed by atoms with van der Waals surface area (Å²) in [6.45, 7) is 13.8. The van der Waals surface area contributed by atoms with E-state index in [1.165, 1.54) is 6.92 Å². The van der Waals surface area contributed by atoms with Gasteiger partial charge in [0, 0.05) is 6.42 Å². The van der Waals surface area contributed by atoms with Gasteiger partial charge in [-0.05, 0) is 57.9 Å². The van der Waals surface area contributed by atoms with Crippen LogP contribution in [0, 0.1) is 11.8 Å². The molecule has 0 bridgehead atoms. The summed E-state index contributed by atoms with van der Waals surface area (Å²) in [6.07, 6.45) is -0.438. The molecule has 0 saturated heterocycles. The third-order valence-corrected chi connectivity index (χ3v) is 6.81. The maximum absolute atomic E-state index is 13.6. The molecule has 0 aromatic heterocycles. The Bertz CT molecular complexity index is 1150. The van der Waals surface area contributed by atoms with Crippen molar-refractivity contribution in [2.24, 2.45) is 17.6 Å². The number of amides is 5. The van der Waals surface area contributed by atoms with Crippen molar-refractivity contribution < 1.29 is 38.2 Å². The van der Waals surface area contributed by atoms with Crippen LogP contribution < -0.4 is 27.0 Å². The second-order valence-corrected chi connectivity index (χ2v) is 12.6. The van der Waals surface area contributed by atoms with Crippen molar-refractivity contribution in [1.29, 1.82) is 0 Å². The highest BCUT2D eigenvalue weighted by Gasteiger charge is 2.33. The molecule has 0 fully saturated rings. The maximum Gasteiger partial charge on any atom is 0.408 e. The third kappa shape index (κ3) is 15.4. The van der Waals surface area contributed by atoms with Crippen LogP contribution in [-0.2, 0) is 40.1 Å². The number of nitrogens with two attached hydrogens (primary N) is 1. The van der Waals surface area contributed by atoms with Crippen molar-refractivity contribution >= 4 is 35.7 Å². The molecular formula is C32H51N5O8. The van der Waals surface area contributed by atoms with Crippen LogP contribution in [0.4, 0.5) is 4.79 Å². The van der Waals surface area contributed by atoms with Crippen molar-refractivity contribution in [3.63, 3.8) is 0 Å². The number of hydrogen-bond donors (Lipinski definition) is 5. The third-order valence-electron chi connectivity index (χ3n) is 6.81. The van der Waals surface area contributed by atoms with Gasteiger partial charge in [-0.3, -0.25) is 24.0 Å². The molecule has 5 atom stereocenters. The average Bonchev–Trinajstić information content (AvgIpc) is 2.94. The van der Waals surface area contributed by atoms with Gasteiger partial charge in [0.15, 0.2) is 0 Å². The number of primary amides is 1. The summed E-state index contributed by atoms with van der Waals surface area (Å²) in [5, 5.41) is 10.4. The summed E-state index contributed by atoms with van der Waals surface area (Å²) in [7, 11) is 0. The molecular weight excluding hydrogens is 582 g/mol. The van der Waals surface area contributed by atoms with E-state index in [0.29, 0.717) is 6.42 Å². The highest BCUT2D eigenvalue weighted by molar-refractivity contribution is 5.95. The lowest BCUT2D eigenvalue weighted by Gasteiger charge is -2.28. The molecule has 13 heteroatoms. The summed E-state index contributed by atoms with van der Waals surface area (Å²) < 4.78 is 10.7. The van der Waals surface area contributed by atoms with Crippen molar-refractivity contribution in [3.8, 4) is 0 Å². The Morgan fingerprint density at radius 1 is 0.822 bits per heavy atom. The van der Waals surface area contributed by atoms with Crippen LogP contribution in [0.15, 0.2) is 30.3 Å². The molecule has 0 unspecified atom stereocenters. The fourth-order valence-corrected chi connectivity index (χ4v) is 4.10. The first-order valence-electron chi connectivity index (χ1n) is 15.3. The van der Waals surface area contributed by atoms with Gasteiger partial charge < -0.3 is 36.5 Å². The minimum absolute atomic E-state index is 0.0124. The molecule has 0 spiro atoms. The Kier molecular flexibility index (Phi) is 16.1. The van der Waals surface area contributed by atoms with Gasteiger partial charge in [-0.25, -0.2) is 4.79 Å². The highest BCUT2D eigenvalue weighted by Crippen LogP contribution is 2.13. The zero-order chi connectivity index (χ0) is 34.3. The lowest BCUT2D eigenvalue weighted by Crippen LogP contribution is -2.59. The lowest BCUT2D eigenvalue weighted by atomic mass is 9.97. The fourth-order valence-electron chi connectivity index (χ4n) is 4.10. The average molecular weight is 634 g/mol. The minimum Gasteiger partial charge on any atom is -0.461 e. The number of esters is 1. The Hall–Kier alpha value is -4.16. The number of carbonyl (C=O) groups is 6. The van der Waals surface area contributed by atoms with Gasteiger partial charge in [-0.2, -0.15) is 0 Å². The van der Waals surface area contributed by atoms with Gasteiger partial charge in [0.1, 0.15) is 36.4 Å². The summed E-state index contributed by atoms with van der Waals surface area (Å²) >= 11 is 0. The van der Waals surface area contributed by atoms with Crippen molar-refractivity contribution in [1.82, 2.24) is 21.3 Å². The van der Waals surface area contributed by atoms with Crippen molar-refractivity contribution in [2.45, 2.75) is 117 Å². The fraction of sp³-hybridized carbons (Fsp3) is 0.625. The van der Waals surface area contributed by atoms with E-state index in [4.69, 9.17) is 15.2 Å². The molecule has 6 N–H and O–H groups in total. The van der Waals surface area contributed by atoms with Gasteiger partial charge in [-0.15, -0.1) is 0 Å². The van der Waals surface area contributed by atoms with E-state index in [0.717, 1.165) is 5.56 Å². The molecule has 0 radical (unpaired) electrons. The van der Waals surface area contributed by atoms with Crippen LogP contribution in [0.1, 0.15) is 86.6 Å². The first kappa shape index (κ1) is 38.9. The summed E-state index contributed by atoms with van der Waals surface area (Å²) in [6, 6.07) is 4.69. The Morgan fingerprint density at radius 3 is 1.96 bits per heavy atom. The number of ether oxygens (including phenoxy) is 2. The molecule has 1 aromatic rings. The van der Waals surface area contributed by atoms with Gasteiger partial charge in [0.05, 0.1) is 0 Å². The number of rotatable bonds is 17. The smallest absolute Gasteiger partial charge is 0.408 e. The molecule has 45 heavy (non-hydrogen) atoms. The number of alkyl carbamates (subject to hydrolysis) is 1. The maximum atomic E-state index is 13.6. The number of benzene rings is 1. The Morgan fingerprint density at radius 2 is 1.42 bits per heavy atom. The Balaban J connectivity index is 3.20. The predicted molar refractivity (Wildman–Crippen MR) is 168 cm³/mol. The van der Waals surface area contributed by atoms with E-state index in [1.807, 2.05) is 39.0 Å². The van der Waals surface area contributed by atoms with Crippen molar-refractivity contribution in [2.75, 3.05) is 0 Å². The monoisotopic (exact) mass is 633 g/mol. The molecule has 5 amide bonds. The van der Waals surface area contributed by atoms with E-state index in [2.05, 4.69) is 21.3 Å². The van der Waals surface area contributed by atoms with Crippen LogP contribution in [0.2, 0.25) is 0 Å². The first-order valence-corrected chi connectivity index (χ1v) is 15.3. The molecule has 252 valence electrons. The van der Waals surface area contributed by atoms with E-state index >= 15 is 0 Å². The largest absolute Gasteiger partial charge is 0.461 e.